The molecule has 2 aliphatic rings. The van der Waals surface area contributed by atoms with Crippen molar-refractivity contribution in [2.24, 2.45) is 4.99 Å². The van der Waals surface area contributed by atoms with Crippen LogP contribution in [0.25, 0.3) is 0 Å². The van der Waals surface area contributed by atoms with Crippen LogP contribution in [-0.4, -0.2) is 30.4 Å². The van der Waals surface area contributed by atoms with Crippen molar-refractivity contribution in [3.8, 4) is 0 Å². The molecule has 4 heteroatoms. The van der Waals surface area contributed by atoms with E-state index in [1.807, 2.05) is 6.07 Å². The quantitative estimate of drug-likeness (QED) is 0.871. The molecule has 0 radical (unpaired) electrons. The zero-order valence-corrected chi connectivity index (χ0v) is 10.7. The van der Waals surface area contributed by atoms with E-state index < -0.39 is 0 Å². The lowest BCUT2D eigenvalue weighted by Gasteiger charge is -2.21. The van der Waals surface area contributed by atoms with E-state index >= 15 is 0 Å². The molecule has 1 N–H and O–H groups in total. The number of aliphatic imine (C=N–C) groups is 1. The van der Waals surface area contributed by atoms with Gasteiger partial charge in [-0.25, -0.2) is 0 Å². The Labute approximate surface area is 106 Å². The first-order chi connectivity index (χ1) is 8.24. The van der Waals surface area contributed by atoms with Crippen molar-refractivity contribution in [2.75, 3.05) is 19.6 Å². The Morgan fingerprint density at radius 1 is 1.53 bits per heavy atom. The Morgan fingerprint density at radius 3 is 3.18 bits per heavy atom. The number of hydrogen-bond acceptors (Lipinski definition) is 3. The van der Waals surface area contributed by atoms with Crippen LogP contribution < -0.4 is 5.32 Å². The summed E-state index contributed by atoms with van der Waals surface area (Å²) in [6.45, 7) is 6.02. The molecule has 17 heavy (non-hydrogen) atoms. The van der Waals surface area contributed by atoms with Crippen molar-refractivity contribution in [1.29, 1.82) is 0 Å². The summed E-state index contributed by atoms with van der Waals surface area (Å²) in [7, 11) is 0. The van der Waals surface area contributed by atoms with Gasteiger partial charge in [-0.05, 0) is 30.2 Å². The number of benzene rings is 1. The largest absolute Gasteiger partial charge is 0.371 e. The zero-order chi connectivity index (χ0) is 11.8. The summed E-state index contributed by atoms with van der Waals surface area (Å²) < 4.78 is 0. The maximum atomic E-state index is 6.03. The SMILES string of the molecule is CC1c2ccc(Cl)cc2CN1CC1=NCCN1. The molecule has 1 aromatic carbocycles. The number of nitrogens with one attached hydrogen (secondary N) is 1. The van der Waals surface area contributed by atoms with Crippen molar-refractivity contribution in [2.45, 2.75) is 19.5 Å². The van der Waals surface area contributed by atoms with E-state index in [4.69, 9.17) is 11.6 Å². The molecular weight excluding hydrogens is 234 g/mol. The second-order valence-electron chi connectivity index (χ2n) is 4.68. The van der Waals surface area contributed by atoms with Gasteiger partial charge in [0.1, 0.15) is 5.84 Å². The molecule has 0 aliphatic carbocycles. The first kappa shape index (κ1) is 11.1. The second kappa shape index (κ2) is 4.31. The van der Waals surface area contributed by atoms with Crippen LogP contribution in [0, 0.1) is 0 Å². The topological polar surface area (TPSA) is 27.6 Å². The summed E-state index contributed by atoms with van der Waals surface area (Å²) in [6.07, 6.45) is 0. The van der Waals surface area contributed by atoms with Crippen molar-refractivity contribution in [3.63, 3.8) is 0 Å². The highest BCUT2D eigenvalue weighted by atomic mass is 35.5. The maximum absolute atomic E-state index is 6.03. The van der Waals surface area contributed by atoms with Crippen molar-refractivity contribution in [1.82, 2.24) is 10.2 Å². The molecule has 1 aromatic rings. The minimum atomic E-state index is 0.451. The third-order valence-electron chi connectivity index (χ3n) is 3.57. The van der Waals surface area contributed by atoms with Crippen LogP contribution in [-0.2, 0) is 6.54 Å². The third kappa shape index (κ3) is 2.05. The average molecular weight is 250 g/mol. The molecule has 0 fully saturated rings. The highest BCUT2D eigenvalue weighted by Gasteiger charge is 2.27. The second-order valence-corrected chi connectivity index (χ2v) is 5.12. The normalized spacial score (nSPS) is 23.4. The molecule has 0 spiro atoms. The minimum absolute atomic E-state index is 0.451. The molecule has 90 valence electrons. The Balaban J connectivity index is 1.78. The first-order valence-corrected chi connectivity index (χ1v) is 6.41. The van der Waals surface area contributed by atoms with Gasteiger partial charge in [-0.2, -0.15) is 0 Å². The summed E-state index contributed by atoms with van der Waals surface area (Å²) in [4.78, 5) is 6.88. The summed E-state index contributed by atoms with van der Waals surface area (Å²) in [5, 5.41) is 4.15. The summed E-state index contributed by atoms with van der Waals surface area (Å²) in [5.41, 5.74) is 2.75. The van der Waals surface area contributed by atoms with Crippen LogP contribution in [0.5, 0.6) is 0 Å². The lowest BCUT2D eigenvalue weighted by Crippen LogP contribution is -2.33. The van der Waals surface area contributed by atoms with Gasteiger partial charge in [0, 0.05) is 24.2 Å². The zero-order valence-electron chi connectivity index (χ0n) is 9.91. The summed E-state index contributed by atoms with van der Waals surface area (Å²) in [6, 6.07) is 6.65. The molecule has 3 rings (SSSR count). The fraction of sp³-hybridized carbons (Fsp3) is 0.462. The van der Waals surface area contributed by atoms with Crippen molar-refractivity contribution < 1.29 is 0 Å². The van der Waals surface area contributed by atoms with E-state index in [2.05, 4.69) is 34.3 Å². The van der Waals surface area contributed by atoms with E-state index in [-0.39, 0.29) is 0 Å². The van der Waals surface area contributed by atoms with Crippen LogP contribution in [0.2, 0.25) is 5.02 Å². The minimum Gasteiger partial charge on any atom is -0.371 e. The molecule has 2 aliphatic heterocycles. The number of nitrogens with zero attached hydrogens (tertiary/aromatic N) is 2. The first-order valence-electron chi connectivity index (χ1n) is 6.03. The number of amidine groups is 1. The van der Waals surface area contributed by atoms with Gasteiger partial charge in [-0.3, -0.25) is 9.89 Å². The van der Waals surface area contributed by atoms with Crippen molar-refractivity contribution in [3.05, 3.63) is 34.3 Å². The molecule has 1 atom stereocenters. The Bertz CT molecular complexity index is 470. The molecular formula is C13H16ClN3. The lowest BCUT2D eigenvalue weighted by atomic mass is 10.1. The van der Waals surface area contributed by atoms with Gasteiger partial charge in [-0.1, -0.05) is 17.7 Å². The van der Waals surface area contributed by atoms with E-state index in [1.54, 1.807) is 0 Å². The molecule has 0 saturated heterocycles. The molecule has 0 bridgehead atoms. The van der Waals surface area contributed by atoms with E-state index in [0.29, 0.717) is 6.04 Å². The molecule has 0 saturated carbocycles. The van der Waals surface area contributed by atoms with Crippen LogP contribution >= 0.6 is 11.6 Å². The Hall–Kier alpha value is -1.06. The van der Waals surface area contributed by atoms with Gasteiger partial charge in [0.2, 0.25) is 0 Å². The summed E-state index contributed by atoms with van der Waals surface area (Å²) >= 11 is 6.03. The van der Waals surface area contributed by atoms with Crippen LogP contribution in [0.3, 0.4) is 0 Å². The molecule has 0 aromatic heterocycles. The monoisotopic (exact) mass is 249 g/mol. The average Bonchev–Trinajstić information content (AvgIpc) is 2.89. The van der Waals surface area contributed by atoms with Gasteiger partial charge in [-0.15, -0.1) is 0 Å². The number of rotatable bonds is 2. The molecule has 2 heterocycles. The van der Waals surface area contributed by atoms with E-state index in [0.717, 1.165) is 37.0 Å². The standard InChI is InChI=1S/C13H16ClN3/c1-9-12-3-2-11(14)6-10(12)7-17(9)8-13-15-4-5-16-13/h2-3,6,9H,4-5,7-8H2,1H3,(H,15,16). The molecule has 0 amide bonds. The fourth-order valence-corrected chi connectivity index (χ4v) is 2.80. The van der Waals surface area contributed by atoms with E-state index in [1.165, 1.54) is 11.1 Å². The number of halogens is 1. The highest BCUT2D eigenvalue weighted by molar-refractivity contribution is 6.30. The smallest absolute Gasteiger partial charge is 0.111 e. The maximum Gasteiger partial charge on any atom is 0.111 e. The molecule has 3 nitrogen and oxygen atoms in total. The van der Waals surface area contributed by atoms with Crippen LogP contribution in [0.1, 0.15) is 24.1 Å². The fourth-order valence-electron chi connectivity index (χ4n) is 2.61. The number of hydrogen-bond donors (Lipinski definition) is 1. The van der Waals surface area contributed by atoms with Gasteiger partial charge in [0.05, 0.1) is 13.1 Å². The Kier molecular flexibility index (Phi) is 2.81. The Morgan fingerprint density at radius 2 is 2.41 bits per heavy atom. The highest BCUT2D eigenvalue weighted by Crippen LogP contribution is 2.34. The van der Waals surface area contributed by atoms with E-state index in [9.17, 15) is 0 Å². The van der Waals surface area contributed by atoms with Gasteiger partial charge < -0.3 is 5.32 Å². The van der Waals surface area contributed by atoms with Gasteiger partial charge in [0.15, 0.2) is 0 Å². The van der Waals surface area contributed by atoms with Gasteiger partial charge >= 0.3 is 0 Å². The van der Waals surface area contributed by atoms with Gasteiger partial charge in [0.25, 0.3) is 0 Å². The third-order valence-corrected chi connectivity index (χ3v) is 3.81. The summed E-state index contributed by atoms with van der Waals surface area (Å²) in [5.74, 6) is 1.12. The van der Waals surface area contributed by atoms with Crippen molar-refractivity contribution >= 4 is 17.4 Å². The van der Waals surface area contributed by atoms with Crippen LogP contribution in [0.15, 0.2) is 23.2 Å². The lowest BCUT2D eigenvalue weighted by molar-refractivity contribution is 0.262. The predicted molar refractivity (Wildman–Crippen MR) is 70.6 cm³/mol. The predicted octanol–water partition coefficient (Wildman–Crippen LogP) is 2.22. The molecule has 1 unspecified atom stereocenters. The number of fused-ring (bicyclic) bond motifs is 1. The van der Waals surface area contributed by atoms with Crippen LogP contribution in [0.4, 0.5) is 0 Å².